The molecule has 0 aliphatic carbocycles. The fourth-order valence-corrected chi connectivity index (χ4v) is 3.00. The minimum absolute atomic E-state index is 0.0411. The molecule has 2 rings (SSSR count). The second-order valence-corrected chi connectivity index (χ2v) is 6.15. The Balaban J connectivity index is 2.14. The first-order valence-corrected chi connectivity index (χ1v) is 7.92. The molecule has 0 bridgehead atoms. The van der Waals surface area contributed by atoms with E-state index in [1.807, 2.05) is 0 Å². The van der Waals surface area contributed by atoms with E-state index in [1.165, 1.54) is 19.1 Å². The Morgan fingerprint density at radius 1 is 1.35 bits per heavy atom. The summed E-state index contributed by atoms with van der Waals surface area (Å²) in [6, 6.07) is 4.31. The third kappa shape index (κ3) is 4.65. The van der Waals surface area contributed by atoms with Gasteiger partial charge in [0.2, 0.25) is 11.8 Å². The molecule has 0 spiro atoms. The van der Waals surface area contributed by atoms with E-state index in [0.29, 0.717) is 37.7 Å². The van der Waals surface area contributed by atoms with Crippen molar-refractivity contribution in [3.63, 3.8) is 0 Å². The number of carbonyl (C=O) groups is 2. The predicted molar refractivity (Wildman–Crippen MR) is 86.5 cm³/mol. The lowest BCUT2D eigenvalue weighted by Crippen LogP contribution is -2.40. The number of nitrogens with zero attached hydrogens (tertiary/aromatic N) is 2. The van der Waals surface area contributed by atoms with Gasteiger partial charge in [-0.25, -0.2) is 4.39 Å². The van der Waals surface area contributed by atoms with E-state index in [1.54, 1.807) is 18.0 Å². The first-order chi connectivity index (χ1) is 10.9. The van der Waals surface area contributed by atoms with Crippen LogP contribution in [-0.4, -0.2) is 54.8 Å². The van der Waals surface area contributed by atoms with Crippen molar-refractivity contribution in [2.75, 3.05) is 33.2 Å². The molecule has 0 saturated carbocycles. The average molecular weight is 342 g/mol. The lowest BCUT2D eigenvalue weighted by molar-refractivity contribution is -0.130. The normalized spacial score (nSPS) is 19.3. The Kier molecular flexibility index (Phi) is 5.96. The molecule has 1 saturated heterocycles. The number of nitrogens with one attached hydrogen (secondary N) is 1. The molecule has 2 amide bonds. The number of carbonyl (C=O) groups excluding carboxylic acids is 2. The fraction of sp³-hybridized carbons (Fsp3) is 0.500. The zero-order valence-corrected chi connectivity index (χ0v) is 14.1. The van der Waals surface area contributed by atoms with Gasteiger partial charge in [0.1, 0.15) is 5.82 Å². The van der Waals surface area contributed by atoms with E-state index in [4.69, 9.17) is 11.6 Å². The van der Waals surface area contributed by atoms with Gasteiger partial charge in [-0.2, -0.15) is 0 Å². The lowest BCUT2D eigenvalue weighted by atomic mass is 10.1. The van der Waals surface area contributed by atoms with Crippen LogP contribution in [0.25, 0.3) is 0 Å². The molecule has 0 aromatic heterocycles. The molecule has 1 aromatic rings. The summed E-state index contributed by atoms with van der Waals surface area (Å²) in [7, 11) is 1.59. The van der Waals surface area contributed by atoms with Crippen molar-refractivity contribution in [2.45, 2.75) is 13.5 Å². The van der Waals surface area contributed by atoms with Gasteiger partial charge in [0.05, 0.1) is 5.92 Å². The van der Waals surface area contributed by atoms with E-state index < -0.39 is 0 Å². The minimum Gasteiger partial charge on any atom is -0.359 e. The maximum atomic E-state index is 13.1. The Morgan fingerprint density at radius 2 is 2.09 bits per heavy atom. The Morgan fingerprint density at radius 3 is 2.70 bits per heavy atom. The van der Waals surface area contributed by atoms with Gasteiger partial charge in [-0.05, 0) is 17.7 Å². The van der Waals surface area contributed by atoms with Gasteiger partial charge in [0.15, 0.2) is 0 Å². The van der Waals surface area contributed by atoms with E-state index in [9.17, 15) is 14.0 Å². The largest absolute Gasteiger partial charge is 0.359 e. The van der Waals surface area contributed by atoms with Gasteiger partial charge in [0.25, 0.3) is 0 Å². The van der Waals surface area contributed by atoms with Crippen LogP contribution in [0.2, 0.25) is 5.02 Å². The van der Waals surface area contributed by atoms with Crippen LogP contribution in [0, 0.1) is 11.7 Å². The van der Waals surface area contributed by atoms with Gasteiger partial charge in [-0.15, -0.1) is 0 Å². The molecule has 5 nitrogen and oxygen atoms in total. The summed E-state index contributed by atoms with van der Waals surface area (Å²) < 4.78 is 13.1. The first kappa shape index (κ1) is 17.7. The average Bonchev–Trinajstić information content (AvgIpc) is 2.72. The Labute approximate surface area is 140 Å². The van der Waals surface area contributed by atoms with Crippen molar-refractivity contribution in [3.8, 4) is 0 Å². The molecular weight excluding hydrogens is 321 g/mol. The van der Waals surface area contributed by atoms with Gasteiger partial charge in [0, 0.05) is 51.7 Å². The van der Waals surface area contributed by atoms with Crippen LogP contribution in [0.1, 0.15) is 12.5 Å². The minimum atomic E-state index is -0.374. The second-order valence-electron chi connectivity index (χ2n) is 5.75. The maximum absolute atomic E-state index is 13.1. The molecule has 1 aliphatic heterocycles. The molecule has 1 atom stereocenters. The molecular formula is C16H21ClFN3O2. The number of hydrogen-bond acceptors (Lipinski definition) is 3. The van der Waals surface area contributed by atoms with Crippen molar-refractivity contribution in [1.82, 2.24) is 15.1 Å². The number of benzene rings is 1. The van der Waals surface area contributed by atoms with Gasteiger partial charge >= 0.3 is 0 Å². The Bertz CT molecular complexity index is 597. The van der Waals surface area contributed by atoms with Crippen molar-refractivity contribution in [2.24, 2.45) is 5.92 Å². The molecule has 1 fully saturated rings. The zero-order valence-electron chi connectivity index (χ0n) is 13.3. The molecule has 7 heteroatoms. The monoisotopic (exact) mass is 341 g/mol. The van der Waals surface area contributed by atoms with Gasteiger partial charge < -0.3 is 10.2 Å². The molecule has 0 radical (unpaired) electrons. The van der Waals surface area contributed by atoms with Crippen LogP contribution < -0.4 is 5.32 Å². The van der Waals surface area contributed by atoms with Crippen LogP contribution in [0.15, 0.2) is 18.2 Å². The van der Waals surface area contributed by atoms with Gasteiger partial charge in [-0.3, -0.25) is 14.5 Å². The predicted octanol–water partition coefficient (Wildman–Crippen LogP) is 1.51. The van der Waals surface area contributed by atoms with Crippen LogP contribution in [0.4, 0.5) is 4.39 Å². The van der Waals surface area contributed by atoms with E-state index in [2.05, 4.69) is 10.2 Å². The van der Waals surface area contributed by atoms with Gasteiger partial charge in [-0.1, -0.05) is 17.7 Å². The van der Waals surface area contributed by atoms with Crippen LogP contribution in [0.5, 0.6) is 0 Å². The van der Waals surface area contributed by atoms with Crippen molar-refractivity contribution < 1.29 is 14.0 Å². The van der Waals surface area contributed by atoms with Crippen molar-refractivity contribution >= 4 is 23.4 Å². The topological polar surface area (TPSA) is 52.7 Å². The summed E-state index contributed by atoms with van der Waals surface area (Å²) in [5.41, 5.74) is 0.806. The van der Waals surface area contributed by atoms with E-state index in [0.717, 1.165) is 5.56 Å². The molecule has 1 N–H and O–H groups in total. The summed E-state index contributed by atoms with van der Waals surface area (Å²) in [6.45, 7) is 4.15. The number of hydrogen-bond donors (Lipinski definition) is 1. The summed E-state index contributed by atoms with van der Waals surface area (Å²) in [4.78, 5) is 27.5. The van der Waals surface area contributed by atoms with Crippen LogP contribution in [-0.2, 0) is 16.1 Å². The molecule has 1 unspecified atom stereocenters. The molecule has 1 aliphatic rings. The quantitative estimate of drug-likeness (QED) is 0.906. The first-order valence-electron chi connectivity index (χ1n) is 7.54. The smallest absolute Gasteiger partial charge is 0.225 e. The second kappa shape index (κ2) is 7.75. The van der Waals surface area contributed by atoms with Crippen molar-refractivity contribution in [1.29, 1.82) is 0 Å². The van der Waals surface area contributed by atoms with Crippen LogP contribution in [0.3, 0.4) is 0 Å². The molecule has 126 valence electrons. The third-order valence-corrected chi connectivity index (χ3v) is 4.43. The fourth-order valence-electron chi connectivity index (χ4n) is 2.77. The van der Waals surface area contributed by atoms with E-state index >= 15 is 0 Å². The standard InChI is InChI=1S/C16H21ClFN3O2/c1-11(22)21-6-5-20(9-13(10-21)16(23)19-2)8-12-3-4-14(18)7-15(12)17/h3-4,7,13H,5-6,8-10H2,1-2H3,(H,19,23). The highest BCUT2D eigenvalue weighted by Crippen LogP contribution is 2.21. The summed E-state index contributed by atoms with van der Waals surface area (Å²) in [5, 5.41) is 3.02. The number of rotatable bonds is 3. The highest BCUT2D eigenvalue weighted by atomic mass is 35.5. The molecule has 1 aromatic carbocycles. The zero-order chi connectivity index (χ0) is 17.0. The molecule has 23 heavy (non-hydrogen) atoms. The van der Waals surface area contributed by atoms with E-state index in [-0.39, 0.29) is 23.5 Å². The highest BCUT2D eigenvalue weighted by Gasteiger charge is 2.28. The summed E-state index contributed by atoms with van der Waals surface area (Å²) in [5.74, 6) is -0.805. The Hall–Kier alpha value is -1.66. The highest BCUT2D eigenvalue weighted by molar-refractivity contribution is 6.31. The van der Waals surface area contributed by atoms with Crippen molar-refractivity contribution in [3.05, 3.63) is 34.6 Å². The summed E-state index contributed by atoms with van der Waals surface area (Å²) >= 11 is 6.08. The number of halogens is 2. The lowest BCUT2D eigenvalue weighted by Gasteiger charge is -2.23. The van der Waals surface area contributed by atoms with Crippen LogP contribution >= 0.6 is 11.6 Å². The third-order valence-electron chi connectivity index (χ3n) is 4.08. The maximum Gasteiger partial charge on any atom is 0.225 e. The molecule has 1 heterocycles. The summed E-state index contributed by atoms with van der Waals surface area (Å²) in [6.07, 6.45) is 0. The SMILES string of the molecule is CNC(=O)C1CN(Cc2ccc(F)cc2Cl)CCN(C(C)=O)C1. The number of amides is 2.